The lowest BCUT2D eigenvalue weighted by atomic mass is 10.2. The summed E-state index contributed by atoms with van der Waals surface area (Å²) in [7, 11) is 0. The Labute approximate surface area is 186 Å². The number of halogens is 1. The highest BCUT2D eigenvalue weighted by Crippen LogP contribution is 2.24. The maximum Gasteiger partial charge on any atom is 0.257 e. The molecule has 1 aromatic carbocycles. The van der Waals surface area contributed by atoms with E-state index in [1.54, 1.807) is 23.2 Å². The number of carbonyl (C=O) groups excluding carboxylic acids is 1. The maximum atomic E-state index is 13.1. The van der Waals surface area contributed by atoms with Crippen molar-refractivity contribution in [2.75, 3.05) is 12.3 Å². The molecule has 0 radical (unpaired) electrons. The van der Waals surface area contributed by atoms with E-state index in [-0.39, 0.29) is 24.0 Å². The molecule has 0 spiro atoms. The molecule has 0 unspecified atom stereocenters. The molecule has 0 aliphatic carbocycles. The van der Waals surface area contributed by atoms with E-state index in [1.807, 2.05) is 24.4 Å². The predicted octanol–water partition coefficient (Wildman–Crippen LogP) is 4.86. The molecule has 0 fully saturated rings. The Bertz CT molecular complexity index is 1130. The minimum absolute atomic E-state index is 0.0394. The number of nitrogens with one attached hydrogen (secondary N) is 1. The van der Waals surface area contributed by atoms with Gasteiger partial charge in [0, 0.05) is 6.54 Å². The van der Waals surface area contributed by atoms with Crippen LogP contribution in [0.1, 0.15) is 19.2 Å². The molecular weight excluding hydrogens is 437 g/mol. The summed E-state index contributed by atoms with van der Waals surface area (Å²) < 4.78 is 18.8. The highest BCUT2D eigenvalue weighted by atomic mass is 32.2. The summed E-state index contributed by atoms with van der Waals surface area (Å²) in [5, 5.41) is 10.7. The van der Waals surface area contributed by atoms with E-state index < -0.39 is 0 Å². The van der Waals surface area contributed by atoms with Crippen LogP contribution in [0.4, 0.5) is 4.39 Å². The Morgan fingerprint density at radius 2 is 2.10 bits per heavy atom. The van der Waals surface area contributed by atoms with E-state index in [0.717, 1.165) is 22.6 Å². The topological polar surface area (TPSA) is 87.9 Å². The number of imidazole rings is 1. The van der Waals surface area contributed by atoms with Crippen molar-refractivity contribution in [2.24, 2.45) is 0 Å². The zero-order valence-electron chi connectivity index (χ0n) is 16.7. The molecule has 0 atom stereocenters. The lowest BCUT2D eigenvalue weighted by Gasteiger charge is -2.19. The fourth-order valence-electron chi connectivity index (χ4n) is 2.92. The van der Waals surface area contributed by atoms with Gasteiger partial charge in [-0.3, -0.25) is 4.79 Å². The van der Waals surface area contributed by atoms with E-state index in [4.69, 9.17) is 4.42 Å². The Kier molecular flexibility index (Phi) is 6.78. The number of rotatable bonds is 9. The van der Waals surface area contributed by atoms with Gasteiger partial charge in [0.05, 0.1) is 29.1 Å². The molecule has 160 valence electrons. The van der Waals surface area contributed by atoms with Crippen molar-refractivity contribution in [3.05, 3.63) is 59.7 Å². The van der Waals surface area contributed by atoms with Crippen molar-refractivity contribution in [3.63, 3.8) is 0 Å². The van der Waals surface area contributed by atoms with Crippen LogP contribution >= 0.6 is 23.1 Å². The minimum atomic E-state index is -0.289. The van der Waals surface area contributed by atoms with Crippen LogP contribution in [-0.2, 0) is 11.3 Å². The van der Waals surface area contributed by atoms with Crippen LogP contribution in [0.25, 0.3) is 22.0 Å². The quantitative estimate of drug-likeness (QED) is 0.361. The van der Waals surface area contributed by atoms with Crippen molar-refractivity contribution >= 4 is 29.0 Å². The molecule has 0 aliphatic rings. The van der Waals surface area contributed by atoms with E-state index in [2.05, 4.69) is 20.2 Å². The normalized spacial score (nSPS) is 11.0. The molecule has 1 N–H and O–H groups in total. The van der Waals surface area contributed by atoms with E-state index in [9.17, 15) is 9.18 Å². The lowest BCUT2D eigenvalue weighted by Crippen LogP contribution is -2.32. The highest BCUT2D eigenvalue weighted by molar-refractivity contribution is 7.99. The molecule has 3 heterocycles. The number of aromatic nitrogens is 4. The standard InChI is InChI=1S/C21H20FN5O2S2/c1-2-9-27(12-18-25-26-20(29-18)17-4-3-10-30-17)19(28)13-31-21-23-11-16(24-21)14-5-7-15(22)8-6-14/h3-8,10-11H,2,9,12-13H2,1H3,(H,23,24). The Morgan fingerprint density at radius 1 is 1.26 bits per heavy atom. The SMILES string of the molecule is CCCN(Cc1nnc(-c2cccs2)o1)C(=O)CSc1ncc(-c2ccc(F)cc2)[nH]1. The maximum absolute atomic E-state index is 13.1. The van der Waals surface area contributed by atoms with E-state index >= 15 is 0 Å². The first-order chi connectivity index (χ1) is 15.1. The second kappa shape index (κ2) is 9.88. The van der Waals surface area contributed by atoms with Gasteiger partial charge in [-0.1, -0.05) is 24.8 Å². The van der Waals surface area contributed by atoms with Crippen LogP contribution in [0.2, 0.25) is 0 Å². The predicted molar refractivity (Wildman–Crippen MR) is 118 cm³/mol. The number of nitrogens with zero attached hydrogens (tertiary/aromatic N) is 4. The second-order valence-electron chi connectivity index (χ2n) is 6.69. The van der Waals surface area contributed by atoms with Gasteiger partial charge >= 0.3 is 0 Å². The van der Waals surface area contributed by atoms with Crippen LogP contribution in [0.5, 0.6) is 0 Å². The number of H-pyrrole nitrogens is 1. The molecule has 4 rings (SSSR count). The molecule has 0 aliphatic heterocycles. The van der Waals surface area contributed by atoms with Gasteiger partial charge in [0.2, 0.25) is 11.8 Å². The first-order valence-corrected chi connectivity index (χ1v) is 11.6. The zero-order valence-corrected chi connectivity index (χ0v) is 18.4. The fraction of sp³-hybridized carbons (Fsp3) is 0.238. The van der Waals surface area contributed by atoms with Crippen molar-refractivity contribution in [1.82, 2.24) is 25.1 Å². The average molecular weight is 458 g/mol. The molecule has 1 amide bonds. The van der Waals surface area contributed by atoms with Gasteiger partial charge in [-0.2, -0.15) is 0 Å². The number of benzene rings is 1. The molecule has 0 saturated heterocycles. The molecule has 0 bridgehead atoms. The lowest BCUT2D eigenvalue weighted by molar-refractivity contribution is -0.129. The summed E-state index contributed by atoms with van der Waals surface area (Å²) in [6, 6.07) is 9.99. The summed E-state index contributed by atoms with van der Waals surface area (Å²) in [5.74, 6) is 0.770. The first kappa shape index (κ1) is 21.3. The Morgan fingerprint density at radius 3 is 2.84 bits per heavy atom. The second-order valence-corrected chi connectivity index (χ2v) is 8.60. The molecular formula is C21H20FN5O2S2. The third-order valence-corrected chi connectivity index (χ3v) is 6.14. The van der Waals surface area contributed by atoms with Gasteiger partial charge < -0.3 is 14.3 Å². The van der Waals surface area contributed by atoms with Gasteiger partial charge in [-0.15, -0.1) is 21.5 Å². The van der Waals surface area contributed by atoms with E-state index in [0.29, 0.717) is 23.5 Å². The van der Waals surface area contributed by atoms with Gasteiger partial charge in [0.1, 0.15) is 5.82 Å². The molecule has 10 heteroatoms. The summed E-state index contributed by atoms with van der Waals surface area (Å²) in [5.41, 5.74) is 1.60. The first-order valence-electron chi connectivity index (χ1n) is 9.70. The van der Waals surface area contributed by atoms with Crippen molar-refractivity contribution in [2.45, 2.75) is 25.0 Å². The highest BCUT2D eigenvalue weighted by Gasteiger charge is 2.18. The van der Waals surface area contributed by atoms with Crippen LogP contribution in [0.3, 0.4) is 0 Å². The van der Waals surface area contributed by atoms with E-state index in [1.165, 1.54) is 35.2 Å². The van der Waals surface area contributed by atoms with Gasteiger partial charge in [-0.05, 0) is 47.7 Å². The fourth-order valence-corrected chi connectivity index (χ4v) is 4.31. The number of thiophene rings is 1. The molecule has 31 heavy (non-hydrogen) atoms. The number of thioether (sulfide) groups is 1. The molecule has 3 aromatic heterocycles. The number of carbonyl (C=O) groups is 1. The number of amides is 1. The van der Waals surface area contributed by atoms with Crippen LogP contribution in [-0.4, -0.2) is 43.3 Å². The van der Waals surface area contributed by atoms with Crippen molar-refractivity contribution < 1.29 is 13.6 Å². The van der Waals surface area contributed by atoms with Gasteiger partial charge in [-0.25, -0.2) is 9.37 Å². The Balaban J connectivity index is 1.36. The largest absolute Gasteiger partial charge is 0.418 e. The minimum Gasteiger partial charge on any atom is -0.418 e. The zero-order chi connectivity index (χ0) is 21.6. The third kappa shape index (κ3) is 5.39. The summed E-state index contributed by atoms with van der Waals surface area (Å²) in [6.45, 7) is 2.87. The van der Waals surface area contributed by atoms with Gasteiger partial charge in [0.15, 0.2) is 5.16 Å². The third-order valence-electron chi connectivity index (χ3n) is 4.41. The van der Waals surface area contributed by atoms with Crippen LogP contribution < -0.4 is 0 Å². The summed E-state index contributed by atoms with van der Waals surface area (Å²) >= 11 is 2.84. The van der Waals surface area contributed by atoms with Crippen molar-refractivity contribution in [1.29, 1.82) is 0 Å². The summed E-state index contributed by atoms with van der Waals surface area (Å²) in [4.78, 5) is 22.9. The van der Waals surface area contributed by atoms with Crippen LogP contribution in [0, 0.1) is 5.82 Å². The van der Waals surface area contributed by atoms with Crippen LogP contribution in [0.15, 0.2) is 57.5 Å². The summed E-state index contributed by atoms with van der Waals surface area (Å²) in [6.07, 6.45) is 2.49. The number of aromatic amines is 1. The number of hydrogen-bond donors (Lipinski definition) is 1. The monoisotopic (exact) mass is 457 g/mol. The van der Waals surface area contributed by atoms with Crippen molar-refractivity contribution in [3.8, 4) is 22.0 Å². The molecule has 0 saturated carbocycles. The number of hydrogen-bond acceptors (Lipinski definition) is 7. The smallest absolute Gasteiger partial charge is 0.257 e. The molecule has 7 nitrogen and oxygen atoms in total. The molecule has 4 aromatic rings. The average Bonchev–Trinajstić information content (AvgIpc) is 3.53. The Hall–Kier alpha value is -2.98. The van der Waals surface area contributed by atoms with Gasteiger partial charge in [0.25, 0.3) is 5.89 Å².